The zero-order valence-electron chi connectivity index (χ0n) is 15.1. The van der Waals surface area contributed by atoms with Crippen molar-refractivity contribution in [1.82, 2.24) is 14.8 Å². The van der Waals surface area contributed by atoms with E-state index in [1.165, 1.54) is 11.1 Å². The molecule has 0 unspecified atom stereocenters. The fraction of sp³-hybridized carbons (Fsp3) is 0.300. The Hall–Kier alpha value is -1.98. The number of nitrogens with zero attached hydrogens (tertiary/aromatic N) is 3. The molecule has 3 rings (SSSR count). The molecule has 0 aliphatic heterocycles. The second kappa shape index (κ2) is 8.60. The van der Waals surface area contributed by atoms with Crippen LogP contribution >= 0.6 is 23.4 Å². The summed E-state index contributed by atoms with van der Waals surface area (Å²) in [7, 11) is 1.95. The summed E-state index contributed by atoms with van der Waals surface area (Å²) in [5.41, 5.74) is 2.63. The predicted molar refractivity (Wildman–Crippen MR) is 107 cm³/mol. The molecular weight excluding hydrogens is 366 g/mol. The van der Waals surface area contributed by atoms with E-state index in [4.69, 9.17) is 16.3 Å². The topological polar surface area (TPSA) is 39.9 Å². The quantitative estimate of drug-likeness (QED) is 0.504. The molecule has 0 bridgehead atoms. The lowest BCUT2D eigenvalue weighted by Gasteiger charge is -2.08. The number of hydrogen-bond donors (Lipinski definition) is 0. The predicted octanol–water partition coefficient (Wildman–Crippen LogP) is 5.46. The van der Waals surface area contributed by atoms with E-state index in [0.29, 0.717) is 23.3 Å². The van der Waals surface area contributed by atoms with Crippen LogP contribution in [0, 0.1) is 0 Å². The maximum Gasteiger partial charge on any atom is 0.191 e. The normalized spacial score (nSPS) is 11.1. The number of halogens is 1. The molecule has 1 aromatic heterocycles. The van der Waals surface area contributed by atoms with Gasteiger partial charge in [0.25, 0.3) is 0 Å². The molecule has 6 heteroatoms. The van der Waals surface area contributed by atoms with Gasteiger partial charge in [-0.2, -0.15) is 0 Å². The van der Waals surface area contributed by atoms with Gasteiger partial charge in [-0.1, -0.05) is 73.6 Å². The fourth-order valence-corrected chi connectivity index (χ4v) is 3.52. The molecule has 26 heavy (non-hydrogen) atoms. The Kier molecular flexibility index (Phi) is 6.22. The molecular formula is C20H22ClN3OS. The van der Waals surface area contributed by atoms with Crippen molar-refractivity contribution in [3.63, 3.8) is 0 Å². The van der Waals surface area contributed by atoms with Crippen LogP contribution in [-0.4, -0.2) is 14.8 Å². The minimum Gasteiger partial charge on any atom is -0.484 e. The Balaban J connectivity index is 1.59. The summed E-state index contributed by atoms with van der Waals surface area (Å²) in [6, 6.07) is 16.2. The van der Waals surface area contributed by atoms with E-state index in [2.05, 4.69) is 48.3 Å². The number of ether oxygens (including phenoxy) is 1. The van der Waals surface area contributed by atoms with Gasteiger partial charge in [0.15, 0.2) is 11.0 Å². The average Bonchev–Trinajstić information content (AvgIpc) is 2.99. The first-order valence-corrected chi connectivity index (χ1v) is 9.88. The summed E-state index contributed by atoms with van der Waals surface area (Å²) in [4.78, 5) is 0. The SMILES string of the molecule is CC(C)c1ccc(CSc2nnc(COc3ccccc3Cl)n2C)cc1. The summed E-state index contributed by atoms with van der Waals surface area (Å²) >= 11 is 7.78. The second-order valence-electron chi connectivity index (χ2n) is 6.36. The van der Waals surface area contributed by atoms with Crippen molar-refractivity contribution in [1.29, 1.82) is 0 Å². The second-order valence-corrected chi connectivity index (χ2v) is 7.71. The number of rotatable bonds is 7. The molecule has 0 radical (unpaired) electrons. The largest absolute Gasteiger partial charge is 0.484 e. The van der Waals surface area contributed by atoms with Crippen molar-refractivity contribution in [2.45, 2.75) is 37.3 Å². The van der Waals surface area contributed by atoms with E-state index >= 15 is 0 Å². The molecule has 0 saturated heterocycles. The lowest BCUT2D eigenvalue weighted by molar-refractivity contribution is 0.290. The Morgan fingerprint density at radius 2 is 1.81 bits per heavy atom. The van der Waals surface area contributed by atoms with E-state index in [0.717, 1.165) is 16.7 Å². The third-order valence-corrected chi connectivity index (χ3v) is 5.54. The van der Waals surface area contributed by atoms with E-state index in [-0.39, 0.29) is 0 Å². The van der Waals surface area contributed by atoms with Crippen LogP contribution in [0.4, 0.5) is 0 Å². The minimum atomic E-state index is 0.330. The monoisotopic (exact) mass is 387 g/mol. The molecule has 4 nitrogen and oxygen atoms in total. The van der Waals surface area contributed by atoms with Gasteiger partial charge in [-0.05, 0) is 29.2 Å². The van der Waals surface area contributed by atoms with Crippen molar-refractivity contribution < 1.29 is 4.74 Å². The minimum absolute atomic E-state index is 0.330. The lowest BCUT2D eigenvalue weighted by atomic mass is 10.0. The average molecular weight is 388 g/mol. The van der Waals surface area contributed by atoms with E-state index in [9.17, 15) is 0 Å². The van der Waals surface area contributed by atoms with Gasteiger partial charge in [0.2, 0.25) is 0 Å². The van der Waals surface area contributed by atoms with Gasteiger partial charge in [-0.3, -0.25) is 0 Å². The van der Waals surface area contributed by atoms with Crippen LogP contribution in [0.1, 0.15) is 36.7 Å². The van der Waals surface area contributed by atoms with Crippen molar-refractivity contribution in [3.8, 4) is 5.75 Å². The summed E-state index contributed by atoms with van der Waals surface area (Å²) in [6.45, 7) is 4.74. The maximum absolute atomic E-state index is 6.11. The zero-order chi connectivity index (χ0) is 18.5. The standard InChI is InChI=1S/C20H22ClN3OS/c1-14(2)16-10-8-15(9-11-16)13-26-20-23-22-19(24(20)3)12-25-18-7-5-4-6-17(18)21/h4-11,14H,12-13H2,1-3H3. The molecule has 0 N–H and O–H groups in total. The van der Waals surface area contributed by atoms with Crippen molar-refractivity contribution in [2.24, 2.45) is 7.05 Å². The molecule has 1 heterocycles. The van der Waals surface area contributed by atoms with Gasteiger partial charge in [0.05, 0.1) is 5.02 Å². The van der Waals surface area contributed by atoms with Crippen molar-refractivity contribution in [3.05, 3.63) is 70.5 Å². The van der Waals surface area contributed by atoms with Crippen LogP contribution in [0.5, 0.6) is 5.75 Å². The van der Waals surface area contributed by atoms with Gasteiger partial charge in [0.1, 0.15) is 12.4 Å². The summed E-state index contributed by atoms with van der Waals surface area (Å²) < 4.78 is 7.71. The molecule has 136 valence electrons. The van der Waals surface area contributed by atoms with Crippen LogP contribution in [0.15, 0.2) is 53.7 Å². The van der Waals surface area contributed by atoms with Crippen LogP contribution in [0.25, 0.3) is 0 Å². The Morgan fingerprint density at radius 3 is 2.50 bits per heavy atom. The van der Waals surface area contributed by atoms with Crippen LogP contribution in [0.3, 0.4) is 0 Å². The highest BCUT2D eigenvalue weighted by molar-refractivity contribution is 7.98. The highest BCUT2D eigenvalue weighted by Gasteiger charge is 2.11. The molecule has 0 amide bonds. The van der Waals surface area contributed by atoms with Crippen molar-refractivity contribution in [2.75, 3.05) is 0 Å². The molecule has 0 saturated carbocycles. The lowest BCUT2D eigenvalue weighted by Crippen LogP contribution is -2.04. The van der Waals surface area contributed by atoms with Gasteiger partial charge < -0.3 is 9.30 Å². The Bertz CT molecular complexity index is 862. The van der Waals surface area contributed by atoms with Crippen LogP contribution < -0.4 is 4.74 Å². The molecule has 3 aromatic rings. The zero-order valence-corrected chi connectivity index (χ0v) is 16.7. The number of para-hydroxylation sites is 1. The molecule has 0 fully saturated rings. The number of hydrogen-bond acceptors (Lipinski definition) is 4. The molecule has 0 spiro atoms. The number of thioether (sulfide) groups is 1. The Labute approximate surface area is 163 Å². The smallest absolute Gasteiger partial charge is 0.191 e. The van der Waals surface area contributed by atoms with E-state index in [1.54, 1.807) is 17.8 Å². The third kappa shape index (κ3) is 4.59. The van der Waals surface area contributed by atoms with Crippen LogP contribution in [0.2, 0.25) is 5.02 Å². The molecule has 0 atom stereocenters. The van der Waals surface area contributed by atoms with E-state index < -0.39 is 0 Å². The summed E-state index contributed by atoms with van der Waals surface area (Å²) in [6.07, 6.45) is 0. The highest BCUT2D eigenvalue weighted by Crippen LogP contribution is 2.25. The number of aromatic nitrogens is 3. The van der Waals surface area contributed by atoms with Gasteiger partial charge in [0, 0.05) is 12.8 Å². The fourth-order valence-electron chi connectivity index (χ4n) is 2.45. The maximum atomic E-state index is 6.11. The van der Waals surface area contributed by atoms with Crippen molar-refractivity contribution >= 4 is 23.4 Å². The molecule has 0 aliphatic carbocycles. The first kappa shape index (κ1) is 18.8. The first-order valence-electron chi connectivity index (χ1n) is 8.52. The van der Waals surface area contributed by atoms with E-state index in [1.807, 2.05) is 29.8 Å². The molecule has 0 aliphatic rings. The summed E-state index contributed by atoms with van der Waals surface area (Å²) in [5.74, 6) is 2.82. The van der Waals surface area contributed by atoms with Gasteiger partial charge >= 0.3 is 0 Å². The number of benzene rings is 2. The Morgan fingerprint density at radius 1 is 1.08 bits per heavy atom. The van der Waals surface area contributed by atoms with Gasteiger partial charge in [-0.25, -0.2) is 0 Å². The first-order chi connectivity index (χ1) is 12.5. The van der Waals surface area contributed by atoms with Crippen LogP contribution in [-0.2, 0) is 19.4 Å². The highest BCUT2D eigenvalue weighted by atomic mass is 35.5. The third-order valence-electron chi connectivity index (χ3n) is 4.13. The summed E-state index contributed by atoms with van der Waals surface area (Å²) in [5, 5.41) is 9.97. The molecule has 2 aromatic carbocycles. The van der Waals surface area contributed by atoms with Gasteiger partial charge in [-0.15, -0.1) is 10.2 Å².